The summed E-state index contributed by atoms with van der Waals surface area (Å²) in [5.41, 5.74) is 1.31. The van der Waals surface area contributed by atoms with Gasteiger partial charge in [-0.1, -0.05) is 13.8 Å². The average Bonchev–Trinajstić information content (AvgIpc) is 2.24. The van der Waals surface area contributed by atoms with Gasteiger partial charge < -0.3 is 5.32 Å². The molecule has 0 radical (unpaired) electrons. The second-order valence-corrected chi connectivity index (χ2v) is 5.17. The van der Waals surface area contributed by atoms with Crippen molar-refractivity contribution < 1.29 is 0 Å². The maximum Gasteiger partial charge on any atom is 0.115 e. The van der Waals surface area contributed by atoms with Gasteiger partial charge in [-0.2, -0.15) is 0 Å². The first-order chi connectivity index (χ1) is 7.77. The first-order valence-electron chi connectivity index (χ1n) is 6.23. The highest BCUT2D eigenvalue weighted by molar-refractivity contribution is 5.15. The maximum absolute atomic E-state index is 4.10. The molecule has 1 aromatic rings. The summed E-state index contributed by atoms with van der Waals surface area (Å²) in [5, 5.41) is 3.55. The zero-order chi connectivity index (χ0) is 11.4. The van der Waals surface area contributed by atoms with Gasteiger partial charge in [-0.3, -0.25) is 0 Å². The summed E-state index contributed by atoms with van der Waals surface area (Å²) >= 11 is 0. The van der Waals surface area contributed by atoms with Crippen LogP contribution in [0.4, 0.5) is 0 Å². The molecule has 3 heteroatoms. The van der Waals surface area contributed by atoms with Crippen LogP contribution in [-0.4, -0.2) is 23.1 Å². The number of hydrogen-bond acceptors (Lipinski definition) is 3. The molecular formula is C13H21N3. The molecule has 3 nitrogen and oxygen atoms in total. The third-order valence-electron chi connectivity index (χ3n) is 3.39. The van der Waals surface area contributed by atoms with Crippen molar-refractivity contribution in [3.05, 3.63) is 24.3 Å². The SMILES string of the molecule is CC(C)CNCC1CCC1c1cncnc1. The standard InChI is InChI=1S/C13H21N3/c1-10(2)5-14-6-11-3-4-13(11)12-7-15-9-16-8-12/h7-11,13-14H,3-6H2,1-2H3. The van der Waals surface area contributed by atoms with Gasteiger partial charge in [0.25, 0.3) is 0 Å². The van der Waals surface area contributed by atoms with Crippen molar-refractivity contribution >= 4 is 0 Å². The van der Waals surface area contributed by atoms with Gasteiger partial charge in [0, 0.05) is 12.4 Å². The minimum Gasteiger partial charge on any atom is -0.316 e. The Hall–Kier alpha value is -0.960. The second-order valence-electron chi connectivity index (χ2n) is 5.17. The molecule has 0 saturated heterocycles. The molecule has 1 saturated carbocycles. The van der Waals surface area contributed by atoms with Crippen molar-refractivity contribution in [3.8, 4) is 0 Å². The molecule has 2 unspecified atom stereocenters. The van der Waals surface area contributed by atoms with Gasteiger partial charge in [0.05, 0.1) is 0 Å². The van der Waals surface area contributed by atoms with Crippen molar-refractivity contribution in [3.63, 3.8) is 0 Å². The van der Waals surface area contributed by atoms with Crippen molar-refractivity contribution in [1.82, 2.24) is 15.3 Å². The van der Waals surface area contributed by atoms with Crippen LogP contribution in [0.15, 0.2) is 18.7 Å². The van der Waals surface area contributed by atoms with E-state index in [2.05, 4.69) is 29.1 Å². The maximum atomic E-state index is 4.10. The zero-order valence-corrected chi connectivity index (χ0v) is 10.2. The van der Waals surface area contributed by atoms with E-state index >= 15 is 0 Å². The molecule has 0 amide bonds. The molecule has 0 aromatic carbocycles. The van der Waals surface area contributed by atoms with Crippen LogP contribution in [0.2, 0.25) is 0 Å². The van der Waals surface area contributed by atoms with E-state index in [0.29, 0.717) is 5.92 Å². The van der Waals surface area contributed by atoms with Crippen LogP contribution in [0, 0.1) is 11.8 Å². The average molecular weight is 219 g/mol. The van der Waals surface area contributed by atoms with Crippen LogP contribution in [-0.2, 0) is 0 Å². The number of nitrogens with one attached hydrogen (secondary N) is 1. The lowest BCUT2D eigenvalue weighted by molar-refractivity contribution is 0.242. The Morgan fingerprint density at radius 1 is 1.31 bits per heavy atom. The molecule has 16 heavy (non-hydrogen) atoms. The normalized spacial score (nSPS) is 24.4. The van der Waals surface area contributed by atoms with E-state index < -0.39 is 0 Å². The molecule has 1 aliphatic carbocycles. The molecule has 1 heterocycles. The van der Waals surface area contributed by atoms with Gasteiger partial charge >= 0.3 is 0 Å². The van der Waals surface area contributed by atoms with Crippen LogP contribution in [0.5, 0.6) is 0 Å². The van der Waals surface area contributed by atoms with E-state index in [4.69, 9.17) is 0 Å². The fourth-order valence-electron chi connectivity index (χ4n) is 2.31. The quantitative estimate of drug-likeness (QED) is 0.825. The topological polar surface area (TPSA) is 37.8 Å². The number of nitrogens with zero attached hydrogens (tertiary/aromatic N) is 2. The number of rotatable bonds is 5. The largest absolute Gasteiger partial charge is 0.316 e. The Kier molecular flexibility index (Phi) is 3.88. The van der Waals surface area contributed by atoms with E-state index in [1.807, 2.05) is 12.4 Å². The van der Waals surface area contributed by atoms with Crippen molar-refractivity contribution in [1.29, 1.82) is 0 Å². The molecule has 1 N–H and O–H groups in total. The highest BCUT2D eigenvalue weighted by Crippen LogP contribution is 2.41. The van der Waals surface area contributed by atoms with E-state index in [9.17, 15) is 0 Å². The number of hydrogen-bond donors (Lipinski definition) is 1. The molecule has 0 aliphatic heterocycles. The van der Waals surface area contributed by atoms with Crippen molar-refractivity contribution in [2.75, 3.05) is 13.1 Å². The lowest BCUT2D eigenvalue weighted by Crippen LogP contribution is -2.35. The van der Waals surface area contributed by atoms with E-state index in [-0.39, 0.29) is 0 Å². The third-order valence-corrected chi connectivity index (χ3v) is 3.39. The van der Waals surface area contributed by atoms with E-state index in [1.54, 1.807) is 6.33 Å². The van der Waals surface area contributed by atoms with Gasteiger partial charge in [-0.15, -0.1) is 0 Å². The van der Waals surface area contributed by atoms with Crippen LogP contribution in [0.3, 0.4) is 0 Å². The van der Waals surface area contributed by atoms with Gasteiger partial charge in [-0.25, -0.2) is 9.97 Å². The Labute approximate surface area is 97.7 Å². The molecule has 1 aliphatic rings. The minimum atomic E-state index is 0.681. The Morgan fingerprint density at radius 3 is 2.62 bits per heavy atom. The molecular weight excluding hydrogens is 198 g/mol. The fraction of sp³-hybridized carbons (Fsp3) is 0.692. The summed E-state index contributed by atoms with van der Waals surface area (Å²) in [5.74, 6) is 2.20. The number of aromatic nitrogens is 2. The summed E-state index contributed by atoms with van der Waals surface area (Å²) in [6.45, 7) is 6.75. The predicted molar refractivity (Wildman–Crippen MR) is 65.2 cm³/mol. The Morgan fingerprint density at radius 2 is 2.06 bits per heavy atom. The summed E-state index contributed by atoms with van der Waals surface area (Å²) in [4.78, 5) is 8.20. The summed E-state index contributed by atoms with van der Waals surface area (Å²) in [7, 11) is 0. The summed E-state index contributed by atoms with van der Waals surface area (Å²) in [6, 6.07) is 0. The Bertz CT molecular complexity index is 310. The molecule has 2 atom stereocenters. The van der Waals surface area contributed by atoms with Gasteiger partial charge in [0.1, 0.15) is 6.33 Å². The van der Waals surface area contributed by atoms with Crippen LogP contribution in [0.1, 0.15) is 38.2 Å². The lowest BCUT2D eigenvalue weighted by atomic mass is 9.70. The van der Waals surface area contributed by atoms with Gasteiger partial charge in [0.15, 0.2) is 0 Å². The molecule has 1 aromatic heterocycles. The minimum absolute atomic E-state index is 0.681. The van der Waals surface area contributed by atoms with Gasteiger partial charge in [-0.05, 0) is 49.2 Å². The highest BCUT2D eigenvalue weighted by atomic mass is 14.9. The molecule has 0 spiro atoms. The fourth-order valence-corrected chi connectivity index (χ4v) is 2.31. The third kappa shape index (κ3) is 2.79. The molecule has 0 bridgehead atoms. The monoisotopic (exact) mass is 219 g/mol. The van der Waals surface area contributed by atoms with Crippen molar-refractivity contribution in [2.24, 2.45) is 11.8 Å². The molecule has 1 fully saturated rings. The van der Waals surface area contributed by atoms with Crippen LogP contribution < -0.4 is 5.32 Å². The molecule has 88 valence electrons. The van der Waals surface area contributed by atoms with E-state index in [0.717, 1.165) is 24.9 Å². The zero-order valence-electron chi connectivity index (χ0n) is 10.2. The second kappa shape index (κ2) is 5.39. The van der Waals surface area contributed by atoms with Crippen LogP contribution in [0.25, 0.3) is 0 Å². The first kappa shape index (κ1) is 11.5. The summed E-state index contributed by atoms with van der Waals surface area (Å²) < 4.78 is 0. The predicted octanol–water partition coefficient (Wildman–Crippen LogP) is 2.22. The smallest absolute Gasteiger partial charge is 0.115 e. The van der Waals surface area contributed by atoms with E-state index in [1.165, 1.54) is 18.4 Å². The Balaban J connectivity index is 1.80. The lowest BCUT2D eigenvalue weighted by Gasteiger charge is -2.37. The van der Waals surface area contributed by atoms with Crippen LogP contribution >= 0.6 is 0 Å². The van der Waals surface area contributed by atoms with Gasteiger partial charge in [0.2, 0.25) is 0 Å². The highest BCUT2D eigenvalue weighted by Gasteiger charge is 2.31. The molecule has 2 rings (SSSR count). The van der Waals surface area contributed by atoms with Crippen molar-refractivity contribution in [2.45, 2.75) is 32.6 Å². The summed E-state index contributed by atoms with van der Waals surface area (Å²) in [6.07, 6.45) is 8.17. The first-order valence-corrected chi connectivity index (χ1v) is 6.23.